The number of halogens is 2. The van der Waals surface area contributed by atoms with Gasteiger partial charge in [-0.15, -0.1) is 0 Å². The molecule has 1 spiro atoms. The largest absolute Gasteiger partial charge is 0.378 e. The molecule has 3 aromatic carbocycles. The monoisotopic (exact) mass is 508 g/mol. The van der Waals surface area contributed by atoms with Crippen molar-refractivity contribution in [2.75, 3.05) is 18.4 Å². The van der Waals surface area contributed by atoms with Gasteiger partial charge in [-0.1, -0.05) is 70.0 Å². The highest BCUT2D eigenvalue weighted by molar-refractivity contribution is 9.10. The first-order chi connectivity index (χ1) is 15.5. The average molecular weight is 510 g/mol. The van der Waals surface area contributed by atoms with Gasteiger partial charge >= 0.3 is 0 Å². The summed E-state index contributed by atoms with van der Waals surface area (Å²) in [7, 11) is 0. The van der Waals surface area contributed by atoms with Gasteiger partial charge in [0, 0.05) is 39.9 Å². The lowest BCUT2D eigenvalue weighted by Crippen LogP contribution is -2.57. The molecule has 3 nitrogen and oxygen atoms in total. The Hall–Kier alpha value is -2.14. The number of rotatable bonds is 3. The van der Waals surface area contributed by atoms with Gasteiger partial charge in [0.1, 0.15) is 0 Å². The fraction of sp³-hybridized carbons (Fsp3) is 0.296. The predicted octanol–water partition coefficient (Wildman–Crippen LogP) is 7.09. The zero-order valence-corrected chi connectivity index (χ0v) is 20.4. The van der Waals surface area contributed by atoms with Crippen LogP contribution in [0.2, 0.25) is 5.02 Å². The molecule has 5 rings (SSSR count). The van der Waals surface area contributed by atoms with Gasteiger partial charge < -0.3 is 5.32 Å². The van der Waals surface area contributed by atoms with Crippen molar-refractivity contribution in [2.45, 2.75) is 37.3 Å². The van der Waals surface area contributed by atoms with Crippen LogP contribution in [-0.4, -0.2) is 29.3 Å². The summed E-state index contributed by atoms with van der Waals surface area (Å²) in [4.78, 5) is 16.4. The second-order valence-corrected chi connectivity index (χ2v) is 10.3. The lowest BCUT2D eigenvalue weighted by atomic mass is 9.67. The first-order valence-corrected chi connectivity index (χ1v) is 12.3. The fourth-order valence-corrected chi connectivity index (χ4v) is 5.86. The van der Waals surface area contributed by atoms with Crippen LogP contribution in [0.3, 0.4) is 0 Å². The minimum Gasteiger partial charge on any atom is -0.378 e. The number of piperidine rings is 1. The summed E-state index contributed by atoms with van der Waals surface area (Å²) in [6.45, 7) is 4.14. The van der Waals surface area contributed by atoms with Crippen molar-refractivity contribution < 1.29 is 4.79 Å². The van der Waals surface area contributed by atoms with Crippen LogP contribution in [0.5, 0.6) is 0 Å². The van der Waals surface area contributed by atoms with E-state index < -0.39 is 0 Å². The fourth-order valence-electron chi connectivity index (χ4n) is 5.37. The number of hydrogen-bond donors (Lipinski definition) is 1. The van der Waals surface area contributed by atoms with E-state index in [9.17, 15) is 4.79 Å². The Kier molecular flexibility index (Phi) is 5.87. The minimum atomic E-state index is -0.314. The molecule has 0 aromatic heterocycles. The molecule has 0 radical (unpaired) electrons. The summed E-state index contributed by atoms with van der Waals surface area (Å²) < 4.78 is 0.978. The van der Waals surface area contributed by atoms with E-state index in [-0.39, 0.29) is 17.2 Å². The van der Waals surface area contributed by atoms with Gasteiger partial charge in [-0.2, -0.15) is 0 Å². The van der Waals surface area contributed by atoms with Crippen molar-refractivity contribution in [1.29, 1.82) is 0 Å². The summed E-state index contributed by atoms with van der Waals surface area (Å²) in [5.41, 5.74) is 3.74. The molecule has 2 atom stereocenters. The topological polar surface area (TPSA) is 32.3 Å². The summed E-state index contributed by atoms with van der Waals surface area (Å²) >= 11 is 9.73. The lowest BCUT2D eigenvalue weighted by Gasteiger charge is -2.51. The van der Waals surface area contributed by atoms with Gasteiger partial charge in [0.2, 0.25) is 0 Å². The molecule has 0 bridgehead atoms. The number of nitrogens with zero attached hydrogens (tertiary/aromatic N) is 1. The molecule has 2 aliphatic heterocycles. The molecule has 1 N–H and O–H groups in total. The van der Waals surface area contributed by atoms with Crippen molar-refractivity contribution in [1.82, 2.24) is 4.90 Å². The molecule has 2 heterocycles. The molecule has 1 saturated heterocycles. The van der Waals surface area contributed by atoms with Crippen LogP contribution >= 0.6 is 27.5 Å². The Bertz CT molecular complexity index is 1120. The first kappa shape index (κ1) is 21.7. The summed E-state index contributed by atoms with van der Waals surface area (Å²) in [6.07, 6.45) is 1.80. The number of anilines is 1. The van der Waals surface area contributed by atoms with Crippen molar-refractivity contribution in [3.63, 3.8) is 0 Å². The highest BCUT2D eigenvalue weighted by Gasteiger charge is 2.49. The van der Waals surface area contributed by atoms with Gasteiger partial charge in [0.05, 0.1) is 11.5 Å². The van der Waals surface area contributed by atoms with Crippen molar-refractivity contribution in [3.8, 4) is 0 Å². The Morgan fingerprint density at radius 2 is 1.72 bits per heavy atom. The average Bonchev–Trinajstić information content (AvgIpc) is 2.81. The van der Waals surface area contributed by atoms with Gasteiger partial charge in [0.25, 0.3) is 0 Å². The van der Waals surface area contributed by atoms with Crippen molar-refractivity contribution in [3.05, 3.63) is 99.0 Å². The normalized spacial score (nSPS) is 21.1. The lowest BCUT2D eigenvalue weighted by molar-refractivity contribution is 0.0807. The number of benzene rings is 3. The number of carbonyl (C=O) groups is 1. The van der Waals surface area contributed by atoms with Crippen LogP contribution in [0, 0.1) is 0 Å². The third-order valence-electron chi connectivity index (χ3n) is 7.17. The number of hydrogen-bond acceptors (Lipinski definition) is 3. The molecule has 3 aromatic rings. The SMILES string of the molecule is CC(c1ccccc1)N1CCC2(CC1)Nc1cc(Br)ccc1C(=O)C2c1ccc(Cl)cc1. The maximum atomic E-state index is 13.8. The molecule has 5 heteroatoms. The van der Waals surface area contributed by atoms with Gasteiger partial charge in [-0.3, -0.25) is 9.69 Å². The Balaban J connectivity index is 1.49. The maximum Gasteiger partial charge on any atom is 0.174 e. The number of carbonyl (C=O) groups excluding carboxylic acids is 1. The standard InChI is InChI=1S/C27H26BrClN2O/c1-18(19-5-3-2-4-6-19)31-15-13-27(14-16-31)25(20-7-10-22(29)11-8-20)26(32)23-12-9-21(28)17-24(23)30-27/h2-12,17-18,25,30H,13-16H2,1H3. The van der Waals surface area contributed by atoms with Crippen LogP contribution in [-0.2, 0) is 0 Å². The van der Waals surface area contributed by atoms with E-state index in [0.29, 0.717) is 11.1 Å². The highest BCUT2D eigenvalue weighted by atomic mass is 79.9. The molecule has 0 aliphatic carbocycles. The van der Waals surface area contributed by atoms with Crippen LogP contribution in [0.25, 0.3) is 0 Å². The molecular weight excluding hydrogens is 484 g/mol. The number of likely N-dealkylation sites (tertiary alicyclic amines) is 1. The third-order valence-corrected chi connectivity index (χ3v) is 7.91. The van der Waals surface area contributed by atoms with E-state index in [0.717, 1.165) is 47.2 Å². The summed E-state index contributed by atoms with van der Waals surface area (Å²) in [6, 6.07) is 24.7. The molecule has 2 unspecified atom stereocenters. The van der Waals surface area contributed by atoms with Gasteiger partial charge in [0.15, 0.2) is 5.78 Å². The molecule has 164 valence electrons. The number of fused-ring (bicyclic) bond motifs is 1. The second kappa shape index (κ2) is 8.66. The van der Waals surface area contributed by atoms with Crippen LogP contribution in [0.1, 0.15) is 53.2 Å². The molecule has 0 amide bonds. The van der Waals surface area contributed by atoms with E-state index in [4.69, 9.17) is 11.6 Å². The smallest absolute Gasteiger partial charge is 0.174 e. The second-order valence-electron chi connectivity index (χ2n) is 8.94. The predicted molar refractivity (Wildman–Crippen MR) is 135 cm³/mol. The molecule has 1 fully saturated rings. The maximum absolute atomic E-state index is 13.8. The molecule has 32 heavy (non-hydrogen) atoms. The third kappa shape index (κ3) is 3.89. The quantitative estimate of drug-likeness (QED) is 0.409. The van der Waals surface area contributed by atoms with Crippen LogP contribution in [0.4, 0.5) is 5.69 Å². The highest BCUT2D eigenvalue weighted by Crippen LogP contribution is 2.47. The summed E-state index contributed by atoms with van der Waals surface area (Å²) in [5.74, 6) is -0.0410. The van der Waals surface area contributed by atoms with Crippen molar-refractivity contribution >= 4 is 39.0 Å². The Labute approximate surface area is 202 Å². The molecule has 2 aliphatic rings. The van der Waals surface area contributed by atoms with E-state index >= 15 is 0 Å². The first-order valence-electron chi connectivity index (χ1n) is 11.1. The van der Waals surface area contributed by atoms with E-state index in [1.54, 1.807) is 0 Å². The number of Topliss-reactive ketones (excluding diaryl/α,β-unsaturated/α-hetero) is 1. The zero-order valence-electron chi connectivity index (χ0n) is 18.0. The zero-order chi connectivity index (χ0) is 22.3. The van der Waals surface area contributed by atoms with Gasteiger partial charge in [-0.05, 0) is 61.2 Å². The van der Waals surface area contributed by atoms with E-state index in [1.807, 2.05) is 42.5 Å². The summed E-state index contributed by atoms with van der Waals surface area (Å²) in [5, 5.41) is 4.53. The Morgan fingerprint density at radius 1 is 1.03 bits per heavy atom. The van der Waals surface area contributed by atoms with E-state index in [2.05, 4.69) is 63.4 Å². The van der Waals surface area contributed by atoms with Crippen LogP contribution < -0.4 is 5.32 Å². The minimum absolute atomic E-state index is 0.193. The van der Waals surface area contributed by atoms with E-state index in [1.165, 1.54) is 5.56 Å². The van der Waals surface area contributed by atoms with Crippen molar-refractivity contribution in [2.24, 2.45) is 0 Å². The van der Waals surface area contributed by atoms with Gasteiger partial charge in [-0.25, -0.2) is 0 Å². The Morgan fingerprint density at radius 3 is 2.41 bits per heavy atom. The number of nitrogens with one attached hydrogen (secondary N) is 1. The number of ketones is 1. The molecular formula is C27H26BrClN2O. The molecule has 0 saturated carbocycles. The van der Waals surface area contributed by atoms with Crippen LogP contribution in [0.15, 0.2) is 77.3 Å².